The molecular weight excluding hydrogens is 194 g/mol. The van der Waals surface area contributed by atoms with Crippen molar-refractivity contribution in [2.45, 2.75) is 6.92 Å². The van der Waals surface area contributed by atoms with Crippen LogP contribution in [0.2, 0.25) is 0 Å². The van der Waals surface area contributed by atoms with Gasteiger partial charge in [0.1, 0.15) is 0 Å². The second kappa shape index (κ2) is 3.57. The number of ketones is 1. The Hall–Kier alpha value is -2.10. The lowest BCUT2D eigenvalue weighted by Gasteiger charge is -2.00. The zero-order chi connectivity index (χ0) is 10.8. The standard InChI is InChI=1S/C11H9NO3/c1-7-8(4-5-10(13)12-7)11(14)9-3-2-6-15-9/h2-6H,1H3,(H,12,13). The van der Waals surface area contributed by atoms with Crippen molar-refractivity contribution < 1.29 is 9.21 Å². The first-order valence-electron chi connectivity index (χ1n) is 4.46. The van der Waals surface area contributed by atoms with E-state index in [1.807, 2.05) is 0 Å². The second-order valence-electron chi connectivity index (χ2n) is 3.17. The van der Waals surface area contributed by atoms with Crippen molar-refractivity contribution >= 4 is 5.78 Å². The highest BCUT2D eigenvalue weighted by Crippen LogP contribution is 2.11. The number of aromatic nitrogens is 1. The Morgan fingerprint density at radius 1 is 1.33 bits per heavy atom. The maximum atomic E-state index is 11.8. The van der Waals surface area contributed by atoms with Crippen LogP contribution in [0.25, 0.3) is 0 Å². The predicted octanol–water partition coefficient (Wildman–Crippen LogP) is 1.51. The summed E-state index contributed by atoms with van der Waals surface area (Å²) in [6.45, 7) is 1.68. The van der Waals surface area contributed by atoms with Crippen LogP contribution in [-0.2, 0) is 0 Å². The Kier molecular flexibility index (Phi) is 2.25. The fourth-order valence-electron chi connectivity index (χ4n) is 1.36. The fraction of sp³-hybridized carbons (Fsp3) is 0.0909. The van der Waals surface area contributed by atoms with Gasteiger partial charge >= 0.3 is 0 Å². The topological polar surface area (TPSA) is 63.1 Å². The SMILES string of the molecule is Cc1[nH]c(=O)ccc1C(=O)c1ccco1. The molecule has 0 aliphatic carbocycles. The van der Waals surface area contributed by atoms with Crippen LogP contribution in [0.1, 0.15) is 21.8 Å². The minimum absolute atomic E-state index is 0.219. The van der Waals surface area contributed by atoms with Gasteiger partial charge in [-0.15, -0.1) is 0 Å². The second-order valence-corrected chi connectivity index (χ2v) is 3.17. The molecule has 4 heteroatoms. The third-order valence-corrected chi connectivity index (χ3v) is 2.11. The number of nitrogens with one attached hydrogen (secondary N) is 1. The molecule has 2 aromatic rings. The number of hydrogen-bond acceptors (Lipinski definition) is 3. The first-order valence-corrected chi connectivity index (χ1v) is 4.46. The smallest absolute Gasteiger partial charge is 0.248 e. The third-order valence-electron chi connectivity index (χ3n) is 2.11. The molecule has 76 valence electrons. The summed E-state index contributed by atoms with van der Waals surface area (Å²) in [5, 5.41) is 0. The van der Waals surface area contributed by atoms with Gasteiger partial charge in [-0.2, -0.15) is 0 Å². The van der Waals surface area contributed by atoms with E-state index in [-0.39, 0.29) is 17.1 Å². The quantitative estimate of drug-likeness (QED) is 0.752. The molecule has 0 amide bonds. The molecule has 0 atom stereocenters. The van der Waals surface area contributed by atoms with Crippen LogP contribution >= 0.6 is 0 Å². The Bertz CT molecular complexity index is 537. The summed E-state index contributed by atoms with van der Waals surface area (Å²) in [7, 11) is 0. The van der Waals surface area contributed by atoms with Gasteiger partial charge in [-0.3, -0.25) is 9.59 Å². The Morgan fingerprint density at radius 3 is 2.73 bits per heavy atom. The highest BCUT2D eigenvalue weighted by atomic mass is 16.3. The van der Waals surface area contributed by atoms with Crippen molar-refractivity contribution in [3.8, 4) is 0 Å². The number of H-pyrrole nitrogens is 1. The van der Waals surface area contributed by atoms with Crippen LogP contribution < -0.4 is 5.56 Å². The molecule has 2 aromatic heterocycles. The minimum Gasteiger partial charge on any atom is -0.461 e. The van der Waals surface area contributed by atoms with Crippen LogP contribution in [0, 0.1) is 6.92 Å². The predicted molar refractivity (Wildman–Crippen MR) is 53.9 cm³/mol. The third kappa shape index (κ3) is 1.74. The van der Waals surface area contributed by atoms with Crippen LogP contribution in [0.5, 0.6) is 0 Å². The molecule has 0 fully saturated rings. The van der Waals surface area contributed by atoms with Crippen molar-refractivity contribution in [3.05, 3.63) is 57.9 Å². The molecule has 0 radical (unpaired) electrons. The number of pyridine rings is 1. The van der Waals surface area contributed by atoms with Crippen molar-refractivity contribution in [2.24, 2.45) is 0 Å². The molecule has 0 saturated carbocycles. The van der Waals surface area contributed by atoms with Gasteiger partial charge in [0.15, 0.2) is 5.76 Å². The molecule has 0 unspecified atom stereocenters. The van der Waals surface area contributed by atoms with Gasteiger partial charge in [-0.05, 0) is 25.1 Å². The van der Waals surface area contributed by atoms with Gasteiger partial charge in [0.2, 0.25) is 11.3 Å². The lowest BCUT2D eigenvalue weighted by molar-refractivity contribution is 0.101. The molecular formula is C11H9NO3. The molecule has 0 bridgehead atoms. The average molecular weight is 203 g/mol. The fourth-order valence-corrected chi connectivity index (χ4v) is 1.36. The van der Waals surface area contributed by atoms with E-state index in [1.54, 1.807) is 19.1 Å². The zero-order valence-electron chi connectivity index (χ0n) is 8.11. The lowest BCUT2D eigenvalue weighted by atomic mass is 10.1. The van der Waals surface area contributed by atoms with Crippen LogP contribution in [0.15, 0.2) is 39.7 Å². The molecule has 1 N–H and O–H groups in total. The van der Waals surface area contributed by atoms with Crippen LogP contribution in [-0.4, -0.2) is 10.8 Å². The van der Waals surface area contributed by atoms with E-state index in [1.165, 1.54) is 18.4 Å². The summed E-state index contributed by atoms with van der Waals surface area (Å²) in [6.07, 6.45) is 1.44. The number of aromatic amines is 1. The summed E-state index contributed by atoms with van der Waals surface area (Å²) in [5.74, 6) is 0.0406. The minimum atomic E-state index is -0.228. The van der Waals surface area contributed by atoms with Crippen molar-refractivity contribution in [1.29, 1.82) is 0 Å². The summed E-state index contributed by atoms with van der Waals surface area (Å²) in [4.78, 5) is 25.3. The first kappa shape index (κ1) is 9.45. The molecule has 2 rings (SSSR count). The Labute approximate surface area is 85.6 Å². The summed E-state index contributed by atoms with van der Waals surface area (Å²) >= 11 is 0. The molecule has 4 nitrogen and oxygen atoms in total. The number of aryl methyl sites for hydroxylation is 1. The first-order chi connectivity index (χ1) is 7.18. The van der Waals surface area contributed by atoms with E-state index < -0.39 is 0 Å². The summed E-state index contributed by atoms with van der Waals surface area (Å²) < 4.78 is 4.99. The number of carbonyl (C=O) groups is 1. The van der Waals surface area contributed by atoms with E-state index in [2.05, 4.69) is 4.98 Å². The molecule has 0 aromatic carbocycles. The lowest BCUT2D eigenvalue weighted by Crippen LogP contribution is -2.11. The molecule has 0 saturated heterocycles. The van der Waals surface area contributed by atoms with Crippen LogP contribution in [0.4, 0.5) is 0 Å². The summed E-state index contributed by atoms with van der Waals surface area (Å²) in [5.41, 5.74) is 0.775. The maximum Gasteiger partial charge on any atom is 0.248 e. The van der Waals surface area contributed by atoms with Gasteiger partial charge in [-0.1, -0.05) is 0 Å². The molecule has 0 spiro atoms. The Balaban J connectivity index is 2.47. The van der Waals surface area contributed by atoms with Crippen LogP contribution in [0.3, 0.4) is 0 Å². The Morgan fingerprint density at radius 2 is 2.13 bits per heavy atom. The van der Waals surface area contributed by atoms with Gasteiger partial charge in [0, 0.05) is 17.3 Å². The number of hydrogen-bond donors (Lipinski definition) is 1. The van der Waals surface area contributed by atoms with E-state index in [9.17, 15) is 9.59 Å². The van der Waals surface area contributed by atoms with Crippen molar-refractivity contribution in [3.63, 3.8) is 0 Å². The van der Waals surface area contributed by atoms with E-state index in [4.69, 9.17) is 4.42 Å². The number of carbonyl (C=O) groups excluding carboxylic acids is 1. The molecule has 0 aliphatic heterocycles. The normalized spacial score (nSPS) is 10.2. The largest absolute Gasteiger partial charge is 0.461 e. The zero-order valence-corrected chi connectivity index (χ0v) is 8.11. The average Bonchev–Trinajstić information content (AvgIpc) is 2.69. The van der Waals surface area contributed by atoms with E-state index in [0.717, 1.165) is 0 Å². The molecule has 15 heavy (non-hydrogen) atoms. The molecule has 2 heterocycles. The highest BCUT2D eigenvalue weighted by molar-refractivity contribution is 6.07. The van der Waals surface area contributed by atoms with Gasteiger partial charge < -0.3 is 9.40 Å². The maximum absolute atomic E-state index is 11.8. The van der Waals surface area contributed by atoms with E-state index in [0.29, 0.717) is 11.3 Å². The van der Waals surface area contributed by atoms with Gasteiger partial charge in [0.25, 0.3) is 0 Å². The molecule has 0 aliphatic rings. The van der Waals surface area contributed by atoms with E-state index >= 15 is 0 Å². The number of furan rings is 1. The van der Waals surface area contributed by atoms with Crippen molar-refractivity contribution in [2.75, 3.05) is 0 Å². The van der Waals surface area contributed by atoms with Crippen molar-refractivity contribution in [1.82, 2.24) is 4.98 Å². The van der Waals surface area contributed by atoms with Gasteiger partial charge in [-0.25, -0.2) is 0 Å². The highest BCUT2D eigenvalue weighted by Gasteiger charge is 2.14. The summed E-state index contributed by atoms with van der Waals surface area (Å²) in [6, 6.07) is 6.06. The van der Waals surface area contributed by atoms with Gasteiger partial charge in [0.05, 0.1) is 6.26 Å². The number of rotatable bonds is 2. The monoisotopic (exact) mass is 203 g/mol.